The quantitative estimate of drug-likeness (QED) is 0.476. The standard InChI is InChI=1S/C22H16N4O2S/c1-14-18-20(26-17-9-5-8-16(10-17)11-23)24-13-25-21(18)29-19(14)22(27)28-12-15-6-3-2-4-7-15/h2-10,13H,12H2,1H3,(H,24,25,26). The van der Waals surface area contributed by atoms with E-state index in [1.165, 1.54) is 17.7 Å². The summed E-state index contributed by atoms with van der Waals surface area (Å²) in [6.07, 6.45) is 1.45. The van der Waals surface area contributed by atoms with Crippen molar-refractivity contribution in [2.24, 2.45) is 0 Å². The number of thiophene rings is 1. The number of rotatable bonds is 5. The molecule has 0 saturated carbocycles. The van der Waals surface area contributed by atoms with Gasteiger partial charge in [-0.15, -0.1) is 11.3 Å². The van der Waals surface area contributed by atoms with Crippen LogP contribution >= 0.6 is 11.3 Å². The third-order valence-electron chi connectivity index (χ3n) is 4.38. The van der Waals surface area contributed by atoms with Crippen molar-refractivity contribution in [2.75, 3.05) is 5.32 Å². The Balaban J connectivity index is 1.62. The second-order valence-electron chi connectivity index (χ2n) is 6.34. The average molecular weight is 400 g/mol. The van der Waals surface area contributed by atoms with E-state index in [1.54, 1.807) is 18.2 Å². The second-order valence-corrected chi connectivity index (χ2v) is 7.34. The monoisotopic (exact) mass is 400 g/mol. The first-order valence-electron chi connectivity index (χ1n) is 8.88. The number of anilines is 2. The van der Waals surface area contributed by atoms with Gasteiger partial charge in [0.2, 0.25) is 0 Å². The van der Waals surface area contributed by atoms with Crippen LogP contribution in [0.25, 0.3) is 10.2 Å². The van der Waals surface area contributed by atoms with Crippen LogP contribution in [0.3, 0.4) is 0 Å². The number of nitrogens with zero attached hydrogens (tertiary/aromatic N) is 3. The zero-order chi connectivity index (χ0) is 20.2. The van der Waals surface area contributed by atoms with Gasteiger partial charge in [-0.25, -0.2) is 14.8 Å². The number of esters is 1. The van der Waals surface area contributed by atoms with Crippen LogP contribution in [0, 0.1) is 18.3 Å². The first kappa shape index (κ1) is 18.6. The molecule has 6 nitrogen and oxygen atoms in total. The molecule has 142 valence electrons. The Morgan fingerprint density at radius 2 is 2.00 bits per heavy atom. The number of carbonyl (C=O) groups excluding carboxylic acids is 1. The van der Waals surface area contributed by atoms with E-state index in [1.807, 2.05) is 43.3 Å². The summed E-state index contributed by atoms with van der Waals surface area (Å²) in [5.41, 5.74) is 2.98. The Kier molecular flexibility index (Phi) is 5.18. The molecule has 0 unspecified atom stereocenters. The van der Waals surface area contributed by atoms with Crippen molar-refractivity contribution in [1.82, 2.24) is 9.97 Å². The summed E-state index contributed by atoms with van der Waals surface area (Å²) in [7, 11) is 0. The minimum Gasteiger partial charge on any atom is -0.457 e. The highest BCUT2D eigenvalue weighted by molar-refractivity contribution is 7.20. The number of aryl methyl sites for hydroxylation is 1. The molecule has 0 saturated heterocycles. The molecule has 0 fully saturated rings. The van der Waals surface area contributed by atoms with Crippen molar-refractivity contribution in [2.45, 2.75) is 13.5 Å². The Bertz CT molecular complexity index is 1230. The smallest absolute Gasteiger partial charge is 0.349 e. The van der Waals surface area contributed by atoms with Crippen LogP contribution in [-0.4, -0.2) is 15.9 Å². The number of nitriles is 1. The Morgan fingerprint density at radius 3 is 2.79 bits per heavy atom. The zero-order valence-corrected chi connectivity index (χ0v) is 16.4. The zero-order valence-electron chi connectivity index (χ0n) is 15.5. The van der Waals surface area contributed by atoms with E-state index in [9.17, 15) is 4.79 Å². The topological polar surface area (TPSA) is 87.9 Å². The Labute approximate surface area is 171 Å². The molecule has 4 rings (SSSR count). The third-order valence-corrected chi connectivity index (χ3v) is 5.56. The predicted octanol–water partition coefficient (Wildman–Crippen LogP) is 4.97. The number of hydrogen-bond acceptors (Lipinski definition) is 7. The largest absolute Gasteiger partial charge is 0.457 e. The van der Waals surface area contributed by atoms with Crippen LogP contribution in [0.1, 0.15) is 26.4 Å². The molecular formula is C22H16N4O2S. The van der Waals surface area contributed by atoms with Crippen LogP contribution in [-0.2, 0) is 11.3 Å². The molecule has 0 atom stereocenters. The van der Waals surface area contributed by atoms with Gasteiger partial charge >= 0.3 is 5.97 Å². The van der Waals surface area contributed by atoms with Crippen LogP contribution in [0.4, 0.5) is 11.5 Å². The van der Waals surface area contributed by atoms with E-state index in [0.717, 1.165) is 22.2 Å². The maximum Gasteiger partial charge on any atom is 0.349 e. The number of benzene rings is 2. The van der Waals surface area contributed by atoms with Crippen molar-refractivity contribution in [3.8, 4) is 6.07 Å². The van der Waals surface area contributed by atoms with Crippen LogP contribution in [0.5, 0.6) is 0 Å². The fourth-order valence-corrected chi connectivity index (χ4v) is 4.00. The van der Waals surface area contributed by atoms with Crippen molar-refractivity contribution in [3.05, 3.63) is 82.5 Å². The second kappa shape index (κ2) is 8.09. The van der Waals surface area contributed by atoms with Crippen molar-refractivity contribution >= 4 is 39.0 Å². The lowest BCUT2D eigenvalue weighted by Crippen LogP contribution is -2.04. The molecule has 0 radical (unpaired) electrons. The molecule has 7 heteroatoms. The molecule has 4 aromatic rings. The van der Waals surface area contributed by atoms with Gasteiger partial charge in [-0.05, 0) is 36.2 Å². The number of fused-ring (bicyclic) bond motifs is 1. The highest BCUT2D eigenvalue weighted by Crippen LogP contribution is 2.35. The normalized spacial score (nSPS) is 10.5. The lowest BCUT2D eigenvalue weighted by atomic mass is 10.2. The first-order chi connectivity index (χ1) is 14.2. The number of carbonyl (C=O) groups is 1. The van der Waals surface area contributed by atoms with Crippen molar-refractivity contribution in [1.29, 1.82) is 5.26 Å². The molecule has 29 heavy (non-hydrogen) atoms. The molecule has 2 heterocycles. The minimum atomic E-state index is -0.383. The van der Waals surface area contributed by atoms with Gasteiger partial charge in [0.05, 0.1) is 17.0 Å². The molecule has 2 aromatic carbocycles. The van der Waals surface area contributed by atoms with E-state index in [2.05, 4.69) is 21.4 Å². The summed E-state index contributed by atoms with van der Waals surface area (Å²) in [6.45, 7) is 2.07. The molecular weight excluding hydrogens is 384 g/mol. The van der Waals surface area contributed by atoms with E-state index < -0.39 is 0 Å². The van der Waals surface area contributed by atoms with Gasteiger partial charge in [-0.3, -0.25) is 0 Å². The van der Waals surface area contributed by atoms with Gasteiger partial charge < -0.3 is 10.1 Å². The van der Waals surface area contributed by atoms with Gasteiger partial charge in [0, 0.05) is 5.69 Å². The summed E-state index contributed by atoms with van der Waals surface area (Å²) in [5, 5.41) is 13.1. The summed E-state index contributed by atoms with van der Waals surface area (Å²) in [5.74, 6) is 0.202. The van der Waals surface area contributed by atoms with Crippen molar-refractivity contribution < 1.29 is 9.53 Å². The van der Waals surface area contributed by atoms with Gasteiger partial charge in [-0.1, -0.05) is 36.4 Å². The Hall–Kier alpha value is -3.76. The lowest BCUT2D eigenvalue weighted by molar-refractivity contribution is 0.0478. The van der Waals surface area contributed by atoms with Gasteiger partial charge in [0.1, 0.15) is 28.5 Å². The average Bonchev–Trinajstić information content (AvgIpc) is 3.10. The van der Waals surface area contributed by atoms with Gasteiger partial charge in [0.15, 0.2) is 0 Å². The molecule has 0 bridgehead atoms. The molecule has 0 spiro atoms. The predicted molar refractivity (Wildman–Crippen MR) is 112 cm³/mol. The molecule has 0 aliphatic rings. The number of hydrogen-bond donors (Lipinski definition) is 1. The van der Waals surface area contributed by atoms with E-state index in [4.69, 9.17) is 10.00 Å². The maximum absolute atomic E-state index is 12.6. The fourth-order valence-electron chi connectivity index (χ4n) is 2.95. The summed E-state index contributed by atoms with van der Waals surface area (Å²) in [6, 6.07) is 18.8. The molecule has 0 aliphatic carbocycles. The van der Waals surface area contributed by atoms with Gasteiger partial charge in [-0.2, -0.15) is 5.26 Å². The molecule has 0 amide bonds. The summed E-state index contributed by atoms with van der Waals surface area (Å²) in [4.78, 5) is 22.5. The molecule has 1 N–H and O–H groups in total. The SMILES string of the molecule is Cc1c(C(=O)OCc2ccccc2)sc2ncnc(Nc3cccc(C#N)c3)c12. The maximum atomic E-state index is 12.6. The first-order valence-corrected chi connectivity index (χ1v) is 9.69. The number of aromatic nitrogens is 2. The lowest BCUT2D eigenvalue weighted by Gasteiger charge is -2.07. The van der Waals surface area contributed by atoms with Gasteiger partial charge in [0.25, 0.3) is 0 Å². The highest BCUT2D eigenvalue weighted by Gasteiger charge is 2.20. The summed E-state index contributed by atoms with van der Waals surface area (Å²) < 4.78 is 5.48. The number of ether oxygens (including phenoxy) is 1. The molecule has 2 aromatic heterocycles. The van der Waals surface area contributed by atoms with Crippen LogP contribution < -0.4 is 5.32 Å². The van der Waals surface area contributed by atoms with Crippen LogP contribution in [0.15, 0.2) is 60.9 Å². The van der Waals surface area contributed by atoms with E-state index >= 15 is 0 Å². The number of nitrogens with one attached hydrogen (secondary N) is 1. The van der Waals surface area contributed by atoms with Crippen molar-refractivity contribution in [3.63, 3.8) is 0 Å². The Morgan fingerprint density at radius 1 is 1.17 bits per heavy atom. The van der Waals surface area contributed by atoms with E-state index in [-0.39, 0.29) is 12.6 Å². The highest BCUT2D eigenvalue weighted by atomic mass is 32.1. The molecule has 0 aliphatic heterocycles. The summed E-state index contributed by atoms with van der Waals surface area (Å²) >= 11 is 1.28. The van der Waals surface area contributed by atoms with E-state index in [0.29, 0.717) is 21.1 Å². The minimum absolute atomic E-state index is 0.213. The third kappa shape index (κ3) is 3.93. The van der Waals surface area contributed by atoms with Crippen LogP contribution in [0.2, 0.25) is 0 Å². The fraction of sp³-hybridized carbons (Fsp3) is 0.0909.